The average Bonchev–Trinajstić information content (AvgIpc) is 2.11. The number of hydrogen-bond acceptors (Lipinski definition) is 3. The van der Waals surface area contributed by atoms with E-state index in [0.717, 1.165) is 0 Å². The molecule has 0 aromatic rings. The van der Waals surface area contributed by atoms with E-state index in [-0.39, 0.29) is 23.7 Å². The Morgan fingerprint density at radius 2 is 1.94 bits per heavy atom. The van der Waals surface area contributed by atoms with Crippen molar-refractivity contribution in [1.82, 2.24) is 4.90 Å². The summed E-state index contributed by atoms with van der Waals surface area (Å²) in [6.07, 6.45) is 0.0963. The lowest BCUT2D eigenvalue weighted by molar-refractivity contribution is -0.132. The first-order chi connectivity index (χ1) is 8.11. The predicted octanol–water partition coefficient (Wildman–Crippen LogP) is 2.62. The second kappa shape index (κ2) is 4.27. The van der Waals surface area contributed by atoms with E-state index in [0.29, 0.717) is 19.5 Å². The molecule has 0 N–H and O–H groups in total. The van der Waals surface area contributed by atoms with Gasteiger partial charge in [0, 0.05) is 31.3 Å². The van der Waals surface area contributed by atoms with Gasteiger partial charge >= 0.3 is 6.09 Å². The Bertz CT molecular complexity index is 383. The Hall–Kier alpha value is -0.480. The van der Waals surface area contributed by atoms with E-state index in [1.807, 2.05) is 20.8 Å². The number of alkyl halides is 2. The zero-order valence-electron chi connectivity index (χ0n) is 10.7. The summed E-state index contributed by atoms with van der Waals surface area (Å²) in [4.78, 5) is 24.6. The van der Waals surface area contributed by atoms with Crippen LogP contribution in [0.5, 0.6) is 0 Å². The van der Waals surface area contributed by atoms with Gasteiger partial charge in [-0.3, -0.25) is 4.79 Å². The molecule has 0 radical (unpaired) electrons. The van der Waals surface area contributed by atoms with E-state index in [9.17, 15) is 9.59 Å². The van der Waals surface area contributed by atoms with Gasteiger partial charge in [-0.15, -0.1) is 0 Å². The molecule has 6 heteroatoms. The number of carbonyl (C=O) groups is 2. The lowest BCUT2D eigenvalue weighted by atomic mass is 9.71. The van der Waals surface area contributed by atoms with Gasteiger partial charge in [-0.25, -0.2) is 4.79 Å². The van der Waals surface area contributed by atoms with Crippen LogP contribution in [0, 0.1) is 11.8 Å². The van der Waals surface area contributed by atoms with Crippen LogP contribution in [0.2, 0.25) is 0 Å². The van der Waals surface area contributed by atoms with Crippen LogP contribution in [0.3, 0.4) is 0 Å². The third-order valence-corrected chi connectivity index (χ3v) is 4.36. The topological polar surface area (TPSA) is 46.6 Å². The van der Waals surface area contributed by atoms with Crippen LogP contribution in [-0.2, 0) is 9.53 Å². The number of amides is 1. The minimum absolute atomic E-state index is 0.0352. The fourth-order valence-corrected chi connectivity index (χ4v) is 2.91. The molecule has 0 spiro atoms. The summed E-state index contributed by atoms with van der Waals surface area (Å²) in [7, 11) is 0. The minimum Gasteiger partial charge on any atom is -0.444 e. The number of ether oxygens (including phenoxy) is 1. The van der Waals surface area contributed by atoms with Gasteiger partial charge in [-0.2, -0.15) is 0 Å². The molecule has 4 nitrogen and oxygen atoms in total. The summed E-state index contributed by atoms with van der Waals surface area (Å²) >= 11 is 11.9. The predicted molar refractivity (Wildman–Crippen MR) is 68.8 cm³/mol. The summed E-state index contributed by atoms with van der Waals surface area (Å²) in [5.74, 6) is 0.0452. The van der Waals surface area contributed by atoms with E-state index in [1.54, 1.807) is 4.90 Å². The Kier molecular flexibility index (Phi) is 3.31. The van der Waals surface area contributed by atoms with Crippen molar-refractivity contribution in [3.8, 4) is 0 Å². The van der Waals surface area contributed by atoms with Crippen molar-refractivity contribution in [2.45, 2.75) is 37.1 Å². The van der Waals surface area contributed by atoms with Gasteiger partial charge in [0.2, 0.25) is 0 Å². The molecule has 1 saturated carbocycles. The quantitative estimate of drug-likeness (QED) is 0.698. The molecule has 0 bridgehead atoms. The van der Waals surface area contributed by atoms with Crippen molar-refractivity contribution in [1.29, 1.82) is 0 Å². The maximum atomic E-state index is 11.7. The lowest BCUT2D eigenvalue weighted by Crippen LogP contribution is -2.62. The van der Waals surface area contributed by atoms with Crippen LogP contribution in [0.25, 0.3) is 0 Å². The van der Waals surface area contributed by atoms with Crippen LogP contribution in [0.1, 0.15) is 27.2 Å². The highest BCUT2D eigenvalue weighted by Gasteiger charge is 2.58. The molecule has 2 rings (SSSR count). The summed E-state index contributed by atoms with van der Waals surface area (Å²) in [5.41, 5.74) is -0.489. The van der Waals surface area contributed by atoms with Crippen LogP contribution in [0.4, 0.5) is 4.79 Å². The number of ketones is 1. The summed E-state index contributed by atoms with van der Waals surface area (Å²) < 4.78 is 4.00. The third-order valence-electron chi connectivity index (χ3n) is 3.37. The number of rotatable bonds is 1. The van der Waals surface area contributed by atoms with E-state index >= 15 is 0 Å². The smallest absolute Gasteiger partial charge is 0.410 e. The number of hydrogen-bond donors (Lipinski definition) is 0. The molecule has 2 aliphatic rings. The highest BCUT2D eigenvalue weighted by molar-refractivity contribution is 6.60. The average molecular weight is 294 g/mol. The highest BCUT2D eigenvalue weighted by atomic mass is 35.5. The Balaban J connectivity index is 1.81. The maximum absolute atomic E-state index is 11.7. The monoisotopic (exact) mass is 293 g/mol. The zero-order chi connectivity index (χ0) is 13.7. The van der Waals surface area contributed by atoms with Crippen molar-refractivity contribution in [2.75, 3.05) is 13.1 Å². The fraction of sp³-hybridized carbons (Fsp3) is 0.833. The second-order valence-electron chi connectivity index (χ2n) is 6.00. The van der Waals surface area contributed by atoms with Gasteiger partial charge in [0.25, 0.3) is 0 Å². The fourth-order valence-electron chi connectivity index (χ4n) is 2.25. The molecular formula is C12H17Cl2NO3. The van der Waals surface area contributed by atoms with Crippen LogP contribution in [-0.4, -0.2) is 39.8 Å². The molecule has 1 atom stereocenters. The minimum atomic E-state index is -1.25. The first-order valence-electron chi connectivity index (χ1n) is 6.00. The van der Waals surface area contributed by atoms with Gasteiger partial charge in [-0.1, -0.05) is 23.2 Å². The molecule has 18 heavy (non-hydrogen) atoms. The molecule has 0 aromatic carbocycles. The molecule has 1 heterocycles. The molecule has 0 aromatic heterocycles. The van der Waals surface area contributed by atoms with Crippen molar-refractivity contribution < 1.29 is 14.3 Å². The Morgan fingerprint density at radius 1 is 1.39 bits per heavy atom. The Morgan fingerprint density at radius 3 is 2.33 bits per heavy atom. The van der Waals surface area contributed by atoms with Crippen molar-refractivity contribution in [3.05, 3.63) is 0 Å². The molecule has 1 aliphatic heterocycles. The van der Waals surface area contributed by atoms with E-state index in [2.05, 4.69) is 0 Å². The van der Waals surface area contributed by atoms with Crippen LogP contribution >= 0.6 is 23.2 Å². The van der Waals surface area contributed by atoms with Crippen molar-refractivity contribution >= 4 is 35.1 Å². The standard InChI is InChI=1S/C12H17Cl2NO3/c1-11(2,3)18-10(17)15-5-7(6-15)8-4-9(16)12(8,13)14/h7-8H,4-6H2,1-3H3. The number of Topliss-reactive ketones (excluding diaryl/α,β-unsaturated/α-hetero) is 1. The van der Waals surface area contributed by atoms with Gasteiger partial charge < -0.3 is 9.64 Å². The number of likely N-dealkylation sites (tertiary alicyclic amines) is 1. The molecule has 1 saturated heterocycles. The van der Waals surface area contributed by atoms with Crippen molar-refractivity contribution in [2.24, 2.45) is 11.8 Å². The molecule has 1 amide bonds. The van der Waals surface area contributed by atoms with Gasteiger partial charge in [0.15, 0.2) is 10.1 Å². The lowest BCUT2D eigenvalue weighted by Gasteiger charge is -2.50. The number of halogens is 2. The maximum Gasteiger partial charge on any atom is 0.410 e. The van der Waals surface area contributed by atoms with Gasteiger partial charge in [0.05, 0.1) is 0 Å². The molecule has 1 unspecified atom stereocenters. The van der Waals surface area contributed by atoms with Crippen LogP contribution < -0.4 is 0 Å². The number of carbonyl (C=O) groups excluding carboxylic acids is 2. The molecular weight excluding hydrogens is 277 g/mol. The Labute approximate surface area is 117 Å². The zero-order valence-corrected chi connectivity index (χ0v) is 12.2. The summed E-state index contributed by atoms with van der Waals surface area (Å²) in [6.45, 7) is 6.61. The third kappa shape index (κ3) is 2.45. The SMILES string of the molecule is CC(C)(C)OC(=O)N1CC(C2CC(=O)C2(Cl)Cl)C1. The molecule has 102 valence electrons. The largest absolute Gasteiger partial charge is 0.444 e. The van der Waals surface area contributed by atoms with E-state index < -0.39 is 9.93 Å². The van der Waals surface area contributed by atoms with Crippen LogP contribution in [0.15, 0.2) is 0 Å². The first kappa shape index (κ1) is 13.9. The van der Waals surface area contributed by atoms with Crippen molar-refractivity contribution in [3.63, 3.8) is 0 Å². The molecule has 1 aliphatic carbocycles. The second-order valence-corrected chi connectivity index (χ2v) is 7.39. The van der Waals surface area contributed by atoms with Gasteiger partial charge in [0.1, 0.15) is 5.60 Å². The van der Waals surface area contributed by atoms with Gasteiger partial charge in [-0.05, 0) is 20.8 Å². The highest BCUT2D eigenvalue weighted by Crippen LogP contribution is 2.50. The molecule has 2 fully saturated rings. The summed E-state index contributed by atoms with van der Waals surface area (Å²) in [5, 5.41) is 0. The summed E-state index contributed by atoms with van der Waals surface area (Å²) in [6, 6.07) is 0. The number of nitrogens with zero attached hydrogens (tertiary/aromatic N) is 1. The van der Waals surface area contributed by atoms with E-state index in [4.69, 9.17) is 27.9 Å². The normalized spacial score (nSPS) is 27.5. The van der Waals surface area contributed by atoms with E-state index in [1.165, 1.54) is 0 Å². The first-order valence-corrected chi connectivity index (χ1v) is 6.76.